The highest BCUT2D eigenvalue weighted by Gasteiger charge is 2.15. The van der Waals surface area contributed by atoms with Crippen molar-refractivity contribution >= 4 is 40.8 Å². The maximum atomic E-state index is 12.2. The van der Waals surface area contributed by atoms with Crippen LogP contribution in [0.4, 0.5) is 10.5 Å². The van der Waals surface area contributed by atoms with E-state index >= 15 is 0 Å². The summed E-state index contributed by atoms with van der Waals surface area (Å²) in [5, 5.41) is 9.53. The number of nitrogens with one attached hydrogen (secondary N) is 3. The monoisotopic (exact) mass is 407 g/mol. The van der Waals surface area contributed by atoms with Crippen molar-refractivity contribution in [2.24, 2.45) is 0 Å². The number of amides is 3. The summed E-state index contributed by atoms with van der Waals surface area (Å²) in [6.07, 6.45) is 0.581. The highest BCUT2D eigenvalue weighted by atomic mass is 35.5. The Morgan fingerprint density at radius 1 is 1.04 bits per heavy atom. The van der Waals surface area contributed by atoms with Crippen LogP contribution in [-0.4, -0.2) is 24.0 Å². The van der Waals surface area contributed by atoms with E-state index in [4.69, 9.17) is 23.2 Å². The van der Waals surface area contributed by atoms with Crippen molar-refractivity contribution in [3.8, 4) is 0 Å². The molecule has 27 heavy (non-hydrogen) atoms. The van der Waals surface area contributed by atoms with Gasteiger partial charge in [-0.1, -0.05) is 35.3 Å². The Bertz CT molecular complexity index is 832. The summed E-state index contributed by atoms with van der Waals surface area (Å²) in [6, 6.07) is 11.7. The second kappa shape index (κ2) is 9.11. The van der Waals surface area contributed by atoms with Crippen LogP contribution in [-0.2, 0) is 6.42 Å². The van der Waals surface area contributed by atoms with Gasteiger partial charge in [-0.2, -0.15) is 0 Å². The Kier molecular flexibility index (Phi) is 7.11. The molecule has 2 aromatic rings. The van der Waals surface area contributed by atoms with Gasteiger partial charge in [0.05, 0.1) is 0 Å². The molecule has 0 saturated carbocycles. The topological polar surface area (TPSA) is 70.2 Å². The van der Waals surface area contributed by atoms with E-state index in [9.17, 15) is 9.59 Å². The SMILES string of the molecule is CC(C)(C)NC(=O)c1cccc(NC(=O)NCCc2ccc(Cl)cc2Cl)c1. The molecule has 0 aromatic heterocycles. The normalized spacial score (nSPS) is 11.0. The minimum absolute atomic E-state index is 0.191. The molecule has 0 aliphatic heterocycles. The van der Waals surface area contributed by atoms with Gasteiger partial charge in [-0.3, -0.25) is 4.79 Å². The van der Waals surface area contributed by atoms with Crippen LogP contribution < -0.4 is 16.0 Å². The molecule has 7 heteroatoms. The number of carbonyl (C=O) groups excluding carboxylic acids is 2. The van der Waals surface area contributed by atoms with E-state index < -0.39 is 0 Å². The number of urea groups is 1. The predicted molar refractivity (Wildman–Crippen MR) is 111 cm³/mol. The maximum Gasteiger partial charge on any atom is 0.319 e. The molecule has 0 saturated heterocycles. The number of benzene rings is 2. The summed E-state index contributed by atoms with van der Waals surface area (Å²) in [5.74, 6) is -0.191. The number of carbonyl (C=O) groups is 2. The van der Waals surface area contributed by atoms with Gasteiger partial charge in [-0.25, -0.2) is 4.79 Å². The van der Waals surface area contributed by atoms with Gasteiger partial charge in [-0.15, -0.1) is 0 Å². The number of rotatable bonds is 5. The molecule has 0 spiro atoms. The van der Waals surface area contributed by atoms with E-state index in [0.717, 1.165) is 5.56 Å². The minimum atomic E-state index is -0.353. The zero-order chi connectivity index (χ0) is 20.0. The van der Waals surface area contributed by atoms with E-state index in [1.165, 1.54) is 0 Å². The molecule has 0 aliphatic carbocycles. The Morgan fingerprint density at radius 3 is 2.44 bits per heavy atom. The molecule has 3 amide bonds. The van der Waals surface area contributed by atoms with E-state index in [0.29, 0.717) is 34.3 Å². The lowest BCUT2D eigenvalue weighted by Crippen LogP contribution is -2.40. The Morgan fingerprint density at radius 2 is 1.78 bits per heavy atom. The van der Waals surface area contributed by atoms with E-state index in [2.05, 4.69) is 16.0 Å². The van der Waals surface area contributed by atoms with Crippen LogP contribution in [0.15, 0.2) is 42.5 Å². The van der Waals surface area contributed by atoms with Gasteiger partial charge in [0.25, 0.3) is 5.91 Å². The van der Waals surface area contributed by atoms with Gasteiger partial charge < -0.3 is 16.0 Å². The molecule has 0 aliphatic rings. The summed E-state index contributed by atoms with van der Waals surface area (Å²) < 4.78 is 0. The molecule has 0 radical (unpaired) electrons. The van der Waals surface area contributed by atoms with E-state index in [1.807, 2.05) is 26.8 Å². The van der Waals surface area contributed by atoms with Gasteiger partial charge in [0.1, 0.15) is 0 Å². The molecule has 2 rings (SSSR count). The highest BCUT2D eigenvalue weighted by Crippen LogP contribution is 2.21. The third kappa shape index (κ3) is 7.12. The van der Waals surface area contributed by atoms with Crippen LogP contribution in [0.1, 0.15) is 36.7 Å². The Hall–Kier alpha value is -2.24. The predicted octanol–water partition coefficient (Wildman–Crippen LogP) is 4.89. The quantitative estimate of drug-likeness (QED) is 0.660. The number of hydrogen-bond donors (Lipinski definition) is 3. The van der Waals surface area contributed by atoms with Crippen molar-refractivity contribution < 1.29 is 9.59 Å². The minimum Gasteiger partial charge on any atom is -0.347 e. The zero-order valence-corrected chi connectivity index (χ0v) is 17.0. The fourth-order valence-electron chi connectivity index (χ4n) is 2.36. The number of hydrogen-bond acceptors (Lipinski definition) is 2. The Balaban J connectivity index is 1.88. The molecule has 0 atom stereocenters. The summed E-state index contributed by atoms with van der Waals surface area (Å²) >= 11 is 12.0. The van der Waals surface area contributed by atoms with Gasteiger partial charge in [0.15, 0.2) is 0 Å². The molecular formula is C20H23Cl2N3O2. The lowest BCUT2D eigenvalue weighted by atomic mass is 10.1. The first kappa shape index (κ1) is 21.1. The summed E-state index contributed by atoms with van der Waals surface area (Å²) in [6.45, 7) is 6.14. The fraction of sp³-hybridized carbons (Fsp3) is 0.300. The van der Waals surface area contributed by atoms with Crippen LogP contribution in [0.3, 0.4) is 0 Å². The first-order valence-corrected chi connectivity index (χ1v) is 9.31. The van der Waals surface area contributed by atoms with E-state index in [-0.39, 0.29) is 17.5 Å². The fourth-order valence-corrected chi connectivity index (χ4v) is 2.86. The van der Waals surface area contributed by atoms with Crippen molar-refractivity contribution in [2.75, 3.05) is 11.9 Å². The summed E-state index contributed by atoms with van der Waals surface area (Å²) in [5.41, 5.74) is 1.59. The first-order valence-electron chi connectivity index (χ1n) is 8.55. The molecule has 0 heterocycles. The third-order valence-electron chi connectivity index (χ3n) is 3.57. The van der Waals surface area contributed by atoms with Crippen LogP contribution >= 0.6 is 23.2 Å². The molecule has 2 aromatic carbocycles. The van der Waals surface area contributed by atoms with Crippen LogP contribution in [0.2, 0.25) is 10.0 Å². The van der Waals surface area contributed by atoms with Crippen LogP contribution in [0.5, 0.6) is 0 Å². The molecule has 5 nitrogen and oxygen atoms in total. The lowest BCUT2D eigenvalue weighted by Gasteiger charge is -2.20. The summed E-state index contributed by atoms with van der Waals surface area (Å²) in [4.78, 5) is 24.3. The average Bonchev–Trinajstić information content (AvgIpc) is 2.55. The van der Waals surface area contributed by atoms with Gasteiger partial charge >= 0.3 is 6.03 Å². The molecule has 0 bridgehead atoms. The van der Waals surface area contributed by atoms with E-state index in [1.54, 1.807) is 36.4 Å². The molecule has 3 N–H and O–H groups in total. The molecular weight excluding hydrogens is 385 g/mol. The lowest BCUT2D eigenvalue weighted by molar-refractivity contribution is 0.0919. The molecule has 0 unspecified atom stereocenters. The van der Waals surface area contributed by atoms with Gasteiger partial charge in [0, 0.05) is 33.4 Å². The second-order valence-corrected chi connectivity index (χ2v) is 8.00. The average molecular weight is 408 g/mol. The third-order valence-corrected chi connectivity index (χ3v) is 4.15. The van der Waals surface area contributed by atoms with Crippen molar-refractivity contribution in [1.82, 2.24) is 10.6 Å². The Labute approximate surface area is 169 Å². The molecule has 144 valence electrons. The van der Waals surface area contributed by atoms with Crippen LogP contribution in [0, 0.1) is 0 Å². The largest absolute Gasteiger partial charge is 0.347 e. The van der Waals surface area contributed by atoms with Crippen molar-refractivity contribution in [1.29, 1.82) is 0 Å². The highest BCUT2D eigenvalue weighted by molar-refractivity contribution is 6.35. The zero-order valence-electron chi connectivity index (χ0n) is 15.5. The van der Waals surface area contributed by atoms with Gasteiger partial charge in [0.2, 0.25) is 0 Å². The standard InChI is InChI=1S/C20H23Cl2N3O2/c1-20(2,3)25-18(26)14-5-4-6-16(11-14)24-19(27)23-10-9-13-7-8-15(21)12-17(13)22/h4-8,11-12H,9-10H2,1-3H3,(H,25,26)(H2,23,24,27). The van der Waals surface area contributed by atoms with Crippen molar-refractivity contribution in [2.45, 2.75) is 32.7 Å². The van der Waals surface area contributed by atoms with Gasteiger partial charge in [-0.05, 0) is 63.1 Å². The van der Waals surface area contributed by atoms with Crippen molar-refractivity contribution in [3.05, 3.63) is 63.6 Å². The summed E-state index contributed by atoms with van der Waals surface area (Å²) in [7, 11) is 0. The van der Waals surface area contributed by atoms with Crippen molar-refractivity contribution in [3.63, 3.8) is 0 Å². The number of halogens is 2. The molecule has 0 fully saturated rings. The second-order valence-electron chi connectivity index (χ2n) is 7.15. The first-order chi connectivity index (χ1) is 12.6. The smallest absolute Gasteiger partial charge is 0.319 e. The van der Waals surface area contributed by atoms with Crippen LogP contribution in [0.25, 0.3) is 0 Å². The number of anilines is 1. The maximum absolute atomic E-state index is 12.2.